The maximum absolute atomic E-state index is 5.39. The van der Waals surface area contributed by atoms with Crippen LogP contribution in [0.15, 0.2) is 12.1 Å². The van der Waals surface area contributed by atoms with E-state index < -0.39 is 0 Å². The van der Waals surface area contributed by atoms with Gasteiger partial charge in [0.2, 0.25) is 0 Å². The highest BCUT2D eigenvalue weighted by molar-refractivity contribution is 14.1. The van der Waals surface area contributed by atoms with Crippen LogP contribution in [-0.4, -0.2) is 13.9 Å². The number of ether oxygens (including phenoxy) is 2. The molecule has 0 N–H and O–H groups in total. The van der Waals surface area contributed by atoms with Gasteiger partial charge >= 0.3 is 0 Å². The molecular formula is C10H13IO2. The molecule has 0 radical (unpaired) electrons. The summed E-state index contributed by atoms with van der Waals surface area (Å²) >= 11 is 2.26. The molecular weight excluding hydrogens is 279 g/mol. The van der Waals surface area contributed by atoms with Crippen molar-refractivity contribution in [2.24, 2.45) is 0 Å². The fourth-order valence-electron chi connectivity index (χ4n) is 0.987. The molecule has 0 atom stereocenters. The molecule has 1 aromatic rings. The smallest absolute Gasteiger partial charge is 0.188 e. The zero-order valence-electron chi connectivity index (χ0n) is 8.06. The summed E-state index contributed by atoms with van der Waals surface area (Å²) in [4.78, 5) is 0. The molecule has 1 rings (SSSR count). The molecule has 0 spiro atoms. The van der Waals surface area contributed by atoms with Gasteiger partial charge in [0.1, 0.15) is 5.75 Å². The highest BCUT2D eigenvalue weighted by Gasteiger charge is 2.03. The predicted octanol–water partition coefficient (Wildman–Crippen LogP) is 2.89. The number of hydrogen-bond donors (Lipinski definition) is 0. The molecule has 0 fully saturated rings. The van der Waals surface area contributed by atoms with Crippen LogP contribution in [0.1, 0.15) is 11.1 Å². The first-order valence-corrected chi connectivity index (χ1v) is 5.11. The summed E-state index contributed by atoms with van der Waals surface area (Å²) in [5.74, 6) is 0.894. The molecule has 3 heteroatoms. The Kier molecular flexibility index (Phi) is 3.99. The van der Waals surface area contributed by atoms with E-state index in [1.807, 2.05) is 6.07 Å². The lowest BCUT2D eigenvalue weighted by molar-refractivity contribution is 0.0504. The summed E-state index contributed by atoms with van der Waals surface area (Å²) in [6, 6.07) is 4.15. The number of hydrogen-bond acceptors (Lipinski definition) is 2. The van der Waals surface area contributed by atoms with E-state index in [9.17, 15) is 0 Å². The van der Waals surface area contributed by atoms with Crippen LogP contribution in [0.5, 0.6) is 5.75 Å². The summed E-state index contributed by atoms with van der Waals surface area (Å²) < 4.78 is 11.4. The van der Waals surface area contributed by atoms with E-state index in [-0.39, 0.29) is 0 Å². The van der Waals surface area contributed by atoms with Gasteiger partial charge in [-0.15, -0.1) is 0 Å². The summed E-state index contributed by atoms with van der Waals surface area (Å²) in [7, 11) is 1.62. The number of rotatable bonds is 3. The van der Waals surface area contributed by atoms with Gasteiger partial charge in [-0.05, 0) is 59.7 Å². The Morgan fingerprint density at radius 3 is 2.46 bits per heavy atom. The predicted molar refractivity (Wildman–Crippen MR) is 61.1 cm³/mol. The molecule has 13 heavy (non-hydrogen) atoms. The lowest BCUT2D eigenvalue weighted by Crippen LogP contribution is -2.01. The van der Waals surface area contributed by atoms with Crippen molar-refractivity contribution in [2.45, 2.75) is 13.8 Å². The molecule has 0 saturated heterocycles. The zero-order valence-corrected chi connectivity index (χ0v) is 10.2. The maximum Gasteiger partial charge on any atom is 0.188 e. The molecule has 0 aromatic heterocycles. The van der Waals surface area contributed by atoms with Gasteiger partial charge in [-0.3, -0.25) is 0 Å². The molecule has 0 aliphatic heterocycles. The monoisotopic (exact) mass is 292 g/mol. The minimum Gasteiger partial charge on any atom is -0.466 e. The Balaban J connectivity index is 2.88. The Bertz CT molecular complexity index is 297. The fraction of sp³-hybridized carbons (Fsp3) is 0.400. The summed E-state index contributed by atoms with van der Waals surface area (Å²) in [5, 5.41) is 0. The van der Waals surface area contributed by atoms with Crippen molar-refractivity contribution in [1.82, 2.24) is 0 Å². The average molecular weight is 292 g/mol. The number of methoxy groups -OCH3 is 1. The maximum atomic E-state index is 5.39. The van der Waals surface area contributed by atoms with Crippen LogP contribution in [0.3, 0.4) is 0 Å². The Morgan fingerprint density at radius 2 is 1.85 bits per heavy atom. The molecule has 0 heterocycles. The van der Waals surface area contributed by atoms with E-state index in [1.165, 1.54) is 11.1 Å². The number of halogens is 1. The first-order valence-electron chi connectivity index (χ1n) is 4.03. The van der Waals surface area contributed by atoms with Crippen molar-refractivity contribution >= 4 is 22.6 Å². The Morgan fingerprint density at radius 1 is 1.23 bits per heavy atom. The van der Waals surface area contributed by atoms with Crippen molar-refractivity contribution in [1.29, 1.82) is 0 Å². The highest BCUT2D eigenvalue weighted by Crippen LogP contribution is 2.24. The van der Waals surface area contributed by atoms with Crippen molar-refractivity contribution in [3.05, 3.63) is 26.8 Å². The topological polar surface area (TPSA) is 18.5 Å². The van der Waals surface area contributed by atoms with Crippen LogP contribution in [0.2, 0.25) is 0 Å². The minimum absolute atomic E-state index is 0.304. The lowest BCUT2D eigenvalue weighted by Gasteiger charge is -2.09. The van der Waals surface area contributed by atoms with E-state index in [0.717, 1.165) is 9.32 Å². The Hall–Kier alpha value is -0.290. The molecule has 0 saturated carbocycles. The van der Waals surface area contributed by atoms with E-state index in [4.69, 9.17) is 9.47 Å². The third-order valence-corrected chi connectivity index (χ3v) is 2.72. The van der Waals surface area contributed by atoms with Gasteiger partial charge in [-0.2, -0.15) is 0 Å². The fourth-order valence-corrected chi connectivity index (χ4v) is 1.77. The largest absolute Gasteiger partial charge is 0.466 e. The second kappa shape index (κ2) is 4.81. The number of aryl methyl sites for hydroxylation is 2. The summed E-state index contributed by atoms with van der Waals surface area (Å²) in [5.41, 5.74) is 2.53. The van der Waals surface area contributed by atoms with E-state index in [0.29, 0.717) is 6.79 Å². The minimum atomic E-state index is 0.304. The van der Waals surface area contributed by atoms with Gasteiger partial charge in [0.25, 0.3) is 0 Å². The molecule has 0 amide bonds. The van der Waals surface area contributed by atoms with Crippen LogP contribution in [0.4, 0.5) is 0 Å². The Labute approximate surface area is 92.4 Å². The van der Waals surface area contributed by atoms with Gasteiger partial charge in [-0.25, -0.2) is 0 Å². The zero-order chi connectivity index (χ0) is 9.84. The molecule has 1 aromatic carbocycles. The average Bonchev–Trinajstić information content (AvgIpc) is 2.09. The van der Waals surface area contributed by atoms with Crippen molar-refractivity contribution < 1.29 is 9.47 Å². The second-order valence-corrected chi connectivity index (χ2v) is 4.08. The SMILES string of the molecule is COCOc1cc(C)c(C)cc1I. The van der Waals surface area contributed by atoms with Gasteiger partial charge in [0.15, 0.2) is 6.79 Å². The normalized spacial score (nSPS) is 10.2. The van der Waals surface area contributed by atoms with Crippen LogP contribution in [0.25, 0.3) is 0 Å². The van der Waals surface area contributed by atoms with Gasteiger partial charge in [0.05, 0.1) is 3.57 Å². The standard InChI is InChI=1S/C10H13IO2/c1-7-4-9(11)10(5-8(7)2)13-6-12-3/h4-5H,6H2,1-3H3. The van der Waals surface area contributed by atoms with E-state index in [1.54, 1.807) is 7.11 Å². The van der Waals surface area contributed by atoms with Crippen LogP contribution >= 0.6 is 22.6 Å². The number of benzene rings is 1. The quantitative estimate of drug-likeness (QED) is 0.630. The third kappa shape index (κ3) is 2.84. The molecule has 0 unspecified atom stereocenters. The van der Waals surface area contributed by atoms with Crippen molar-refractivity contribution in [3.63, 3.8) is 0 Å². The summed E-state index contributed by atoms with van der Waals surface area (Å²) in [6.45, 7) is 4.47. The first kappa shape index (κ1) is 10.8. The van der Waals surface area contributed by atoms with Crippen molar-refractivity contribution in [3.8, 4) is 5.75 Å². The summed E-state index contributed by atoms with van der Waals surface area (Å²) in [6.07, 6.45) is 0. The molecule has 0 aliphatic carbocycles. The lowest BCUT2D eigenvalue weighted by atomic mass is 10.1. The molecule has 72 valence electrons. The second-order valence-electron chi connectivity index (χ2n) is 2.92. The van der Waals surface area contributed by atoms with E-state index in [2.05, 4.69) is 42.5 Å². The highest BCUT2D eigenvalue weighted by atomic mass is 127. The van der Waals surface area contributed by atoms with E-state index >= 15 is 0 Å². The van der Waals surface area contributed by atoms with Crippen LogP contribution in [0, 0.1) is 17.4 Å². The van der Waals surface area contributed by atoms with Gasteiger partial charge < -0.3 is 9.47 Å². The third-order valence-electron chi connectivity index (χ3n) is 1.88. The van der Waals surface area contributed by atoms with Gasteiger partial charge in [-0.1, -0.05) is 0 Å². The van der Waals surface area contributed by atoms with Crippen LogP contribution in [-0.2, 0) is 4.74 Å². The molecule has 0 bridgehead atoms. The molecule has 2 nitrogen and oxygen atoms in total. The van der Waals surface area contributed by atoms with Crippen molar-refractivity contribution in [2.75, 3.05) is 13.9 Å². The van der Waals surface area contributed by atoms with Crippen LogP contribution < -0.4 is 4.74 Å². The first-order chi connectivity index (χ1) is 6.15. The molecule has 0 aliphatic rings. The van der Waals surface area contributed by atoms with Gasteiger partial charge in [0, 0.05) is 7.11 Å².